The van der Waals surface area contributed by atoms with Gasteiger partial charge in [-0.3, -0.25) is 0 Å². The van der Waals surface area contributed by atoms with Crippen molar-refractivity contribution in [3.05, 3.63) is 28.8 Å². The van der Waals surface area contributed by atoms with Crippen molar-refractivity contribution in [1.29, 1.82) is 0 Å². The van der Waals surface area contributed by atoms with Crippen LogP contribution in [0.1, 0.15) is 38.9 Å². The lowest BCUT2D eigenvalue weighted by atomic mass is 10.1. The fraction of sp³-hybridized carbons (Fsp3) is 0.538. The minimum absolute atomic E-state index is 0.453. The molecular formula is C13H19ClOS. The van der Waals surface area contributed by atoms with E-state index in [0.717, 1.165) is 21.2 Å². The van der Waals surface area contributed by atoms with E-state index in [1.807, 2.05) is 18.2 Å². The monoisotopic (exact) mass is 258 g/mol. The number of benzene rings is 1. The Morgan fingerprint density at radius 1 is 1.38 bits per heavy atom. The van der Waals surface area contributed by atoms with Crippen molar-refractivity contribution in [1.82, 2.24) is 0 Å². The average molecular weight is 259 g/mol. The number of thioether (sulfide) groups is 1. The minimum Gasteiger partial charge on any atom is -0.389 e. The van der Waals surface area contributed by atoms with Crippen LogP contribution in [0.3, 0.4) is 0 Å². The number of rotatable bonds is 5. The Hall–Kier alpha value is -0.180. The molecule has 0 aliphatic carbocycles. The first-order valence-corrected chi connectivity index (χ1v) is 7.01. The van der Waals surface area contributed by atoms with Crippen LogP contribution in [-0.4, -0.2) is 10.9 Å². The second kappa shape index (κ2) is 6.53. The Morgan fingerprint density at radius 3 is 2.56 bits per heavy atom. The summed E-state index contributed by atoms with van der Waals surface area (Å²) in [4.78, 5) is 1.10. The largest absolute Gasteiger partial charge is 0.389 e. The summed E-state index contributed by atoms with van der Waals surface area (Å²) in [7, 11) is 0. The van der Waals surface area contributed by atoms with Gasteiger partial charge in [0.2, 0.25) is 0 Å². The molecule has 0 saturated heterocycles. The van der Waals surface area contributed by atoms with Crippen LogP contribution in [0.25, 0.3) is 0 Å². The van der Waals surface area contributed by atoms with E-state index in [0.29, 0.717) is 5.92 Å². The molecule has 16 heavy (non-hydrogen) atoms. The van der Waals surface area contributed by atoms with Crippen LogP contribution in [0, 0.1) is 5.92 Å². The van der Waals surface area contributed by atoms with Gasteiger partial charge in [-0.25, -0.2) is 0 Å². The van der Waals surface area contributed by atoms with Gasteiger partial charge >= 0.3 is 0 Å². The predicted molar refractivity (Wildman–Crippen MR) is 72.3 cm³/mol. The summed E-state index contributed by atoms with van der Waals surface area (Å²) in [5.74, 6) is 1.79. The third-order valence-corrected chi connectivity index (χ3v) is 4.49. The maximum atomic E-state index is 9.43. The summed E-state index contributed by atoms with van der Waals surface area (Å²) in [6.45, 7) is 6.19. The number of hydrogen-bond donors (Lipinski definition) is 1. The van der Waals surface area contributed by atoms with Gasteiger partial charge in [0.1, 0.15) is 0 Å². The van der Waals surface area contributed by atoms with Crippen molar-refractivity contribution in [3.8, 4) is 0 Å². The lowest BCUT2D eigenvalue weighted by Crippen LogP contribution is -1.96. The van der Waals surface area contributed by atoms with Gasteiger partial charge in [0.25, 0.3) is 0 Å². The Labute approximate surface area is 107 Å². The van der Waals surface area contributed by atoms with Gasteiger partial charge in [0, 0.05) is 10.6 Å². The zero-order valence-electron chi connectivity index (χ0n) is 10.0. The molecule has 0 aromatic heterocycles. The fourth-order valence-electron chi connectivity index (χ4n) is 1.24. The molecule has 1 N–H and O–H groups in total. The summed E-state index contributed by atoms with van der Waals surface area (Å²) in [5, 5.41) is 10.2. The van der Waals surface area contributed by atoms with E-state index < -0.39 is 6.10 Å². The number of aliphatic hydroxyl groups excluding tert-OH is 1. The maximum Gasteiger partial charge on any atom is 0.0762 e. The summed E-state index contributed by atoms with van der Waals surface area (Å²) in [5.41, 5.74) is 0.873. The molecule has 3 heteroatoms. The molecule has 2 atom stereocenters. The van der Waals surface area contributed by atoms with E-state index in [1.54, 1.807) is 18.7 Å². The van der Waals surface area contributed by atoms with Gasteiger partial charge < -0.3 is 5.11 Å². The van der Waals surface area contributed by atoms with Crippen molar-refractivity contribution >= 4 is 23.4 Å². The van der Waals surface area contributed by atoms with Crippen LogP contribution < -0.4 is 0 Å². The summed E-state index contributed by atoms with van der Waals surface area (Å²) in [6, 6.07) is 5.79. The normalized spacial score (nSPS) is 14.8. The smallest absolute Gasteiger partial charge is 0.0762 e. The highest BCUT2D eigenvalue weighted by molar-refractivity contribution is 7.99. The number of halogens is 1. The van der Waals surface area contributed by atoms with E-state index in [4.69, 9.17) is 11.6 Å². The van der Waals surface area contributed by atoms with Crippen LogP contribution in [-0.2, 0) is 0 Å². The third-order valence-electron chi connectivity index (χ3n) is 2.66. The second-order valence-corrected chi connectivity index (χ2v) is 5.66. The first-order chi connectivity index (χ1) is 7.54. The molecule has 0 heterocycles. The third kappa shape index (κ3) is 4.00. The van der Waals surface area contributed by atoms with Crippen molar-refractivity contribution in [2.75, 3.05) is 5.75 Å². The molecule has 0 spiro atoms. The first-order valence-electron chi connectivity index (χ1n) is 5.64. The van der Waals surface area contributed by atoms with Crippen LogP contribution in [0.2, 0.25) is 5.02 Å². The highest BCUT2D eigenvalue weighted by Crippen LogP contribution is 2.31. The molecule has 0 bridgehead atoms. The van der Waals surface area contributed by atoms with E-state index in [1.165, 1.54) is 6.42 Å². The Kier molecular flexibility index (Phi) is 5.67. The van der Waals surface area contributed by atoms with E-state index in [-0.39, 0.29) is 0 Å². The molecule has 0 aliphatic heterocycles. The molecule has 0 amide bonds. The van der Waals surface area contributed by atoms with Crippen molar-refractivity contribution in [3.63, 3.8) is 0 Å². The molecule has 0 radical (unpaired) electrons. The molecule has 1 rings (SSSR count). The molecule has 2 unspecified atom stereocenters. The van der Waals surface area contributed by atoms with Crippen LogP contribution in [0.15, 0.2) is 23.1 Å². The van der Waals surface area contributed by atoms with Gasteiger partial charge in [-0.1, -0.05) is 37.9 Å². The summed E-state index contributed by atoms with van der Waals surface area (Å²) >= 11 is 7.95. The second-order valence-electron chi connectivity index (χ2n) is 4.19. The molecule has 1 nitrogen and oxygen atoms in total. The standard InChI is InChI=1S/C13H19ClOS/c1-4-9(2)8-16-13-6-5-11(10(3)15)7-12(13)14/h5-7,9-10,15H,4,8H2,1-3H3. The Bertz CT molecular complexity index is 339. The van der Waals surface area contributed by atoms with Crippen molar-refractivity contribution in [2.24, 2.45) is 5.92 Å². The lowest BCUT2D eigenvalue weighted by molar-refractivity contribution is 0.199. The van der Waals surface area contributed by atoms with Crippen molar-refractivity contribution in [2.45, 2.75) is 38.2 Å². The number of aliphatic hydroxyl groups is 1. The van der Waals surface area contributed by atoms with Gasteiger partial charge in [0.15, 0.2) is 0 Å². The Balaban J connectivity index is 2.68. The lowest BCUT2D eigenvalue weighted by Gasteiger charge is -2.11. The van der Waals surface area contributed by atoms with Crippen LogP contribution >= 0.6 is 23.4 Å². The van der Waals surface area contributed by atoms with E-state index in [2.05, 4.69) is 13.8 Å². The zero-order chi connectivity index (χ0) is 12.1. The quantitative estimate of drug-likeness (QED) is 0.783. The van der Waals surface area contributed by atoms with E-state index >= 15 is 0 Å². The predicted octanol–water partition coefficient (Wildman–Crippen LogP) is 4.53. The number of hydrogen-bond acceptors (Lipinski definition) is 2. The first kappa shape index (κ1) is 13.9. The van der Waals surface area contributed by atoms with Gasteiger partial charge in [-0.2, -0.15) is 0 Å². The minimum atomic E-state index is -0.453. The van der Waals surface area contributed by atoms with Gasteiger partial charge in [-0.05, 0) is 30.5 Å². The topological polar surface area (TPSA) is 20.2 Å². The molecule has 1 aromatic carbocycles. The maximum absolute atomic E-state index is 9.43. The summed E-state index contributed by atoms with van der Waals surface area (Å²) in [6.07, 6.45) is 0.738. The average Bonchev–Trinajstić information content (AvgIpc) is 2.26. The molecular weight excluding hydrogens is 240 g/mol. The molecule has 1 aromatic rings. The molecule has 0 fully saturated rings. The highest BCUT2D eigenvalue weighted by atomic mass is 35.5. The van der Waals surface area contributed by atoms with Crippen LogP contribution in [0.4, 0.5) is 0 Å². The molecule has 90 valence electrons. The van der Waals surface area contributed by atoms with Gasteiger partial charge in [-0.15, -0.1) is 11.8 Å². The highest BCUT2D eigenvalue weighted by Gasteiger charge is 2.07. The van der Waals surface area contributed by atoms with Gasteiger partial charge in [0.05, 0.1) is 11.1 Å². The SMILES string of the molecule is CCC(C)CSc1ccc(C(C)O)cc1Cl. The molecule has 0 saturated carbocycles. The zero-order valence-corrected chi connectivity index (χ0v) is 11.6. The Morgan fingerprint density at radius 2 is 2.06 bits per heavy atom. The molecule has 0 aliphatic rings. The fourth-order valence-corrected chi connectivity index (χ4v) is 2.66. The van der Waals surface area contributed by atoms with E-state index in [9.17, 15) is 5.11 Å². The van der Waals surface area contributed by atoms with Crippen LogP contribution in [0.5, 0.6) is 0 Å². The summed E-state index contributed by atoms with van der Waals surface area (Å²) < 4.78 is 0. The van der Waals surface area contributed by atoms with Crippen molar-refractivity contribution < 1.29 is 5.11 Å².